The molecular weight excluding hydrogens is 158 g/mol. The van der Waals surface area contributed by atoms with Gasteiger partial charge in [-0.05, 0) is 44.2 Å². The molecule has 0 aliphatic heterocycles. The number of hydrogen-bond acceptors (Lipinski definition) is 1. The van der Waals surface area contributed by atoms with Gasteiger partial charge in [0.2, 0.25) is 0 Å². The standard InChI is InChI=1S/C12H27N/c1-11(2)7-9-12(3,4)8-6-10-13-5/h11,13H,6-10H2,1-5H3. The largest absolute Gasteiger partial charge is 0.320 e. The van der Waals surface area contributed by atoms with Crippen LogP contribution < -0.4 is 5.32 Å². The van der Waals surface area contributed by atoms with Crippen LogP contribution in [0.1, 0.15) is 53.4 Å². The van der Waals surface area contributed by atoms with Gasteiger partial charge in [0.25, 0.3) is 0 Å². The minimum absolute atomic E-state index is 0.543. The number of nitrogens with one attached hydrogen (secondary N) is 1. The lowest BCUT2D eigenvalue weighted by molar-refractivity contribution is 0.274. The lowest BCUT2D eigenvalue weighted by atomic mass is 9.81. The van der Waals surface area contributed by atoms with E-state index in [9.17, 15) is 0 Å². The van der Waals surface area contributed by atoms with Gasteiger partial charge in [-0.1, -0.05) is 34.1 Å². The third-order valence-corrected chi connectivity index (χ3v) is 2.68. The molecule has 13 heavy (non-hydrogen) atoms. The predicted molar refractivity (Wildman–Crippen MR) is 61.0 cm³/mol. The molecule has 80 valence electrons. The first-order chi connectivity index (χ1) is 5.98. The van der Waals surface area contributed by atoms with Gasteiger partial charge in [0.15, 0.2) is 0 Å². The van der Waals surface area contributed by atoms with Crippen LogP contribution in [0.4, 0.5) is 0 Å². The fraction of sp³-hybridized carbons (Fsp3) is 1.00. The van der Waals surface area contributed by atoms with Crippen molar-refractivity contribution in [3.8, 4) is 0 Å². The number of rotatable bonds is 7. The third-order valence-electron chi connectivity index (χ3n) is 2.68. The summed E-state index contributed by atoms with van der Waals surface area (Å²) in [7, 11) is 2.03. The van der Waals surface area contributed by atoms with Gasteiger partial charge < -0.3 is 5.32 Å². The molecule has 0 aromatic carbocycles. The highest BCUT2D eigenvalue weighted by atomic mass is 14.8. The molecule has 0 aromatic heterocycles. The molecule has 1 N–H and O–H groups in total. The smallest absolute Gasteiger partial charge is 0.00517 e. The molecule has 0 aliphatic carbocycles. The topological polar surface area (TPSA) is 12.0 Å². The predicted octanol–water partition coefficient (Wildman–Crippen LogP) is 3.45. The minimum atomic E-state index is 0.543. The maximum absolute atomic E-state index is 3.21. The van der Waals surface area contributed by atoms with Crippen molar-refractivity contribution in [3.05, 3.63) is 0 Å². The molecule has 1 nitrogen and oxygen atoms in total. The van der Waals surface area contributed by atoms with E-state index in [1.54, 1.807) is 0 Å². The van der Waals surface area contributed by atoms with Crippen molar-refractivity contribution in [2.24, 2.45) is 11.3 Å². The second-order valence-electron chi connectivity index (χ2n) is 5.30. The van der Waals surface area contributed by atoms with Gasteiger partial charge >= 0.3 is 0 Å². The molecule has 0 heterocycles. The zero-order valence-electron chi connectivity index (χ0n) is 10.1. The Balaban J connectivity index is 3.54. The van der Waals surface area contributed by atoms with E-state index in [2.05, 4.69) is 33.0 Å². The summed E-state index contributed by atoms with van der Waals surface area (Å²) in [6.45, 7) is 10.6. The van der Waals surface area contributed by atoms with E-state index in [1.807, 2.05) is 7.05 Å². The Kier molecular flexibility index (Phi) is 6.40. The molecule has 0 fully saturated rings. The first kappa shape index (κ1) is 13.0. The third kappa shape index (κ3) is 8.29. The van der Waals surface area contributed by atoms with Gasteiger partial charge in [0.05, 0.1) is 0 Å². The highest BCUT2D eigenvalue weighted by Gasteiger charge is 2.17. The molecule has 0 saturated carbocycles. The molecule has 0 unspecified atom stereocenters. The molecule has 0 rings (SSSR count). The van der Waals surface area contributed by atoms with E-state index in [4.69, 9.17) is 0 Å². The fourth-order valence-electron chi connectivity index (χ4n) is 1.55. The van der Waals surface area contributed by atoms with Crippen molar-refractivity contribution in [3.63, 3.8) is 0 Å². The Labute approximate surface area is 84.3 Å². The molecule has 0 bridgehead atoms. The molecule has 1 heteroatoms. The molecule has 0 amide bonds. The van der Waals surface area contributed by atoms with Crippen molar-refractivity contribution in [2.45, 2.75) is 53.4 Å². The fourth-order valence-corrected chi connectivity index (χ4v) is 1.55. The van der Waals surface area contributed by atoms with E-state index in [-0.39, 0.29) is 0 Å². The van der Waals surface area contributed by atoms with Crippen LogP contribution in [0.3, 0.4) is 0 Å². The zero-order valence-corrected chi connectivity index (χ0v) is 10.1. The molecule has 0 spiro atoms. The van der Waals surface area contributed by atoms with Gasteiger partial charge in [0.1, 0.15) is 0 Å². The molecule has 0 atom stereocenters. The van der Waals surface area contributed by atoms with Crippen molar-refractivity contribution in [1.82, 2.24) is 5.32 Å². The van der Waals surface area contributed by atoms with Gasteiger partial charge in [-0.2, -0.15) is 0 Å². The molecule has 0 saturated heterocycles. The minimum Gasteiger partial charge on any atom is -0.320 e. The van der Waals surface area contributed by atoms with Crippen LogP contribution >= 0.6 is 0 Å². The quantitative estimate of drug-likeness (QED) is 0.599. The highest BCUT2D eigenvalue weighted by Crippen LogP contribution is 2.29. The maximum atomic E-state index is 3.21. The van der Waals surface area contributed by atoms with E-state index in [0.29, 0.717) is 5.41 Å². The summed E-state index contributed by atoms with van der Waals surface area (Å²) in [4.78, 5) is 0. The van der Waals surface area contributed by atoms with Crippen LogP contribution in [0.5, 0.6) is 0 Å². The highest BCUT2D eigenvalue weighted by molar-refractivity contribution is 4.69. The average Bonchev–Trinajstić information content (AvgIpc) is 2.02. The van der Waals surface area contributed by atoms with E-state index in [1.165, 1.54) is 25.7 Å². The van der Waals surface area contributed by atoms with Crippen LogP contribution in [-0.2, 0) is 0 Å². The normalized spacial score (nSPS) is 12.5. The Morgan fingerprint density at radius 2 is 1.77 bits per heavy atom. The van der Waals surface area contributed by atoms with E-state index in [0.717, 1.165) is 12.5 Å². The van der Waals surface area contributed by atoms with Crippen LogP contribution in [0.25, 0.3) is 0 Å². The van der Waals surface area contributed by atoms with Gasteiger partial charge in [0, 0.05) is 0 Å². The second-order valence-corrected chi connectivity index (χ2v) is 5.30. The molecular formula is C12H27N. The number of hydrogen-bond donors (Lipinski definition) is 1. The summed E-state index contributed by atoms with van der Waals surface area (Å²) in [5.74, 6) is 0.851. The van der Waals surface area contributed by atoms with Crippen molar-refractivity contribution in [2.75, 3.05) is 13.6 Å². The lowest BCUT2D eigenvalue weighted by Crippen LogP contribution is -2.16. The summed E-state index contributed by atoms with van der Waals surface area (Å²) >= 11 is 0. The first-order valence-electron chi connectivity index (χ1n) is 5.62. The van der Waals surface area contributed by atoms with Crippen LogP contribution in [-0.4, -0.2) is 13.6 Å². The SMILES string of the molecule is CNCCCC(C)(C)CCC(C)C. The lowest BCUT2D eigenvalue weighted by Gasteiger charge is -2.25. The Morgan fingerprint density at radius 1 is 1.15 bits per heavy atom. The summed E-state index contributed by atoms with van der Waals surface area (Å²) in [5, 5.41) is 3.21. The second kappa shape index (κ2) is 6.42. The van der Waals surface area contributed by atoms with Crippen molar-refractivity contribution >= 4 is 0 Å². The average molecular weight is 185 g/mol. The van der Waals surface area contributed by atoms with E-state index < -0.39 is 0 Å². The monoisotopic (exact) mass is 185 g/mol. The summed E-state index contributed by atoms with van der Waals surface area (Å²) < 4.78 is 0. The van der Waals surface area contributed by atoms with Crippen LogP contribution in [0.2, 0.25) is 0 Å². The van der Waals surface area contributed by atoms with Gasteiger partial charge in [-0.15, -0.1) is 0 Å². The van der Waals surface area contributed by atoms with E-state index >= 15 is 0 Å². The summed E-state index contributed by atoms with van der Waals surface area (Å²) in [6.07, 6.45) is 5.39. The van der Waals surface area contributed by atoms with Crippen molar-refractivity contribution in [1.29, 1.82) is 0 Å². The first-order valence-corrected chi connectivity index (χ1v) is 5.62. The molecule has 0 aliphatic rings. The van der Waals surface area contributed by atoms with Crippen LogP contribution in [0.15, 0.2) is 0 Å². The van der Waals surface area contributed by atoms with Crippen molar-refractivity contribution < 1.29 is 0 Å². The maximum Gasteiger partial charge on any atom is -0.00517 e. The Hall–Kier alpha value is -0.0400. The summed E-state index contributed by atoms with van der Waals surface area (Å²) in [5.41, 5.74) is 0.543. The molecule has 0 radical (unpaired) electrons. The Morgan fingerprint density at radius 3 is 2.23 bits per heavy atom. The van der Waals surface area contributed by atoms with Gasteiger partial charge in [-0.3, -0.25) is 0 Å². The Bertz CT molecular complexity index is 116. The molecule has 0 aromatic rings. The zero-order chi connectivity index (χ0) is 10.3. The van der Waals surface area contributed by atoms with Crippen LogP contribution in [0, 0.1) is 11.3 Å². The summed E-state index contributed by atoms with van der Waals surface area (Å²) in [6, 6.07) is 0. The van der Waals surface area contributed by atoms with Gasteiger partial charge in [-0.25, -0.2) is 0 Å².